The second-order valence-electron chi connectivity index (χ2n) is 2.48. The molecule has 0 aromatic heterocycles. The van der Waals surface area contributed by atoms with Crippen molar-refractivity contribution in [2.24, 2.45) is 0 Å². The maximum atomic E-state index is 10.3. The van der Waals surface area contributed by atoms with Gasteiger partial charge in [-0.05, 0) is 12.1 Å². The SMILES string of the molecule is O=C(O)[C@H](O)c1ccc(O)cc1O. The van der Waals surface area contributed by atoms with Gasteiger partial charge in [-0.1, -0.05) is 0 Å². The van der Waals surface area contributed by atoms with Crippen LogP contribution in [0.25, 0.3) is 0 Å². The van der Waals surface area contributed by atoms with Crippen LogP contribution in [-0.4, -0.2) is 26.4 Å². The summed E-state index contributed by atoms with van der Waals surface area (Å²) in [6.07, 6.45) is -1.78. The molecule has 0 aliphatic rings. The van der Waals surface area contributed by atoms with Crippen molar-refractivity contribution in [3.05, 3.63) is 23.8 Å². The molecule has 1 rings (SSSR count). The molecule has 1 aromatic rings. The Morgan fingerprint density at radius 2 is 1.92 bits per heavy atom. The van der Waals surface area contributed by atoms with Gasteiger partial charge in [0.1, 0.15) is 11.5 Å². The van der Waals surface area contributed by atoms with E-state index in [1.807, 2.05) is 0 Å². The van der Waals surface area contributed by atoms with Crippen LogP contribution in [0.3, 0.4) is 0 Å². The quantitative estimate of drug-likeness (QED) is 0.527. The number of benzene rings is 1. The molecule has 0 saturated carbocycles. The fourth-order valence-corrected chi connectivity index (χ4v) is 0.896. The van der Waals surface area contributed by atoms with E-state index in [0.29, 0.717) is 0 Å². The van der Waals surface area contributed by atoms with Crippen molar-refractivity contribution in [1.29, 1.82) is 0 Å². The first-order chi connectivity index (χ1) is 6.02. The summed E-state index contributed by atoms with van der Waals surface area (Å²) in [5, 5.41) is 35.4. The van der Waals surface area contributed by atoms with Crippen LogP contribution >= 0.6 is 0 Å². The van der Waals surface area contributed by atoms with E-state index >= 15 is 0 Å². The zero-order valence-electron chi connectivity index (χ0n) is 6.51. The molecule has 4 N–H and O–H groups in total. The molecular formula is C8H8O5. The number of aliphatic hydroxyl groups excluding tert-OH is 1. The summed E-state index contributed by atoms with van der Waals surface area (Å²) in [5.74, 6) is -2.10. The highest BCUT2D eigenvalue weighted by Crippen LogP contribution is 2.27. The van der Waals surface area contributed by atoms with Crippen molar-refractivity contribution >= 4 is 5.97 Å². The summed E-state index contributed by atoms with van der Waals surface area (Å²) in [6, 6.07) is 3.28. The lowest BCUT2D eigenvalue weighted by atomic mass is 10.1. The first-order valence-electron chi connectivity index (χ1n) is 3.45. The minimum atomic E-state index is -1.78. The number of phenolic OH excluding ortho intramolecular Hbond substituents is 2. The Hall–Kier alpha value is -1.75. The topological polar surface area (TPSA) is 98.0 Å². The van der Waals surface area contributed by atoms with Crippen molar-refractivity contribution in [2.45, 2.75) is 6.10 Å². The maximum Gasteiger partial charge on any atom is 0.337 e. The fourth-order valence-electron chi connectivity index (χ4n) is 0.896. The van der Waals surface area contributed by atoms with E-state index in [-0.39, 0.29) is 11.3 Å². The van der Waals surface area contributed by atoms with Gasteiger partial charge in [0.25, 0.3) is 0 Å². The average molecular weight is 184 g/mol. The normalized spacial score (nSPS) is 12.4. The second kappa shape index (κ2) is 3.32. The predicted octanol–water partition coefficient (Wildman–Crippen LogP) is 0.216. The number of aromatic hydroxyl groups is 2. The van der Waals surface area contributed by atoms with Gasteiger partial charge in [-0.25, -0.2) is 4.79 Å². The lowest BCUT2D eigenvalue weighted by molar-refractivity contribution is -0.147. The summed E-state index contributed by atoms with van der Waals surface area (Å²) in [5.41, 5.74) is -0.148. The summed E-state index contributed by atoms with van der Waals surface area (Å²) >= 11 is 0. The fraction of sp³-hybridized carbons (Fsp3) is 0.125. The van der Waals surface area contributed by atoms with Gasteiger partial charge >= 0.3 is 5.97 Å². The number of carboxylic acid groups (broad SMARTS) is 1. The van der Waals surface area contributed by atoms with Crippen LogP contribution in [0.15, 0.2) is 18.2 Å². The second-order valence-corrected chi connectivity index (χ2v) is 2.48. The Balaban J connectivity index is 3.08. The summed E-state index contributed by atoms with van der Waals surface area (Å²) < 4.78 is 0. The molecule has 13 heavy (non-hydrogen) atoms. The van der Waals surface area contributed by atoms with Crippen LogP contribution in [0.1, 0.15) is 11.7 Å². The molecule has 0 spiro atoms. The molecule has 0 radical (unpaired) electrons. The van der Waals surface area contributed by atoms with Gasteiger partial charge in [-0.15, -0.1) is 0 Å². The lowest BCUT2D eigenvalue weighted by Crippen LogP contribution is -2.10. The van der Waals surface area contributed by atoms with E-state index in [2.05, 4.69) is 0 Å². The van der Waals surface area contributed by atoms with Gasteiger partial charge in [0.2, 0.25) is 0 Å². The molecular weight excluding hydrogens is 176 g/mol. The van der Waals surface area contributed by atoms with Crippen LogP contribution in [0, 0.1) is 0 Å². The zero-order chi connectivity index (χ0) is 10.0. The molecule has 0 bridgehead atoms. The van der Waals surface area contributed by atoms with E-state index in [1.54, 1.807) is 0 Å². The number of carbonyl (C=O) groups is 1. The van der Waals surface area contributed by atoms with Crippen molar-refractivity contribution < 1.29 is 25.2 Å². The van der Waals surface area contributed by atoms with Gasteiger partial charge < -0.3 is 20.4 Å². The molecule has 0 unspecified atom stereocenters. The Kier molecular flexibility index (Phi) is 2.39. The number of phenols is 2. The van der Waals surface area contributed by atoms with Crippen LogP contribution in [-0.2, 0) is 4.79 Å². The molecule has 0 fully saturated rings. The van der Waals surface area contributed by atoms with Crippen molar-refractivity contribution in [3.63, 3.8) is 0 Å². The van der Waals surface area contributed by atoms with Gasteiger partial charge in [-0.2, -0.15) is 0 Å². The zero-order valence-corrected chi connectivity index (χ0v) is 6.51. The predicted molar refractivity (Wildman–Crippen MR) is 42.4 cm³/mol. The smallest absolute Gasteiger partial charge is 0.337 e. The lowest BCUT2D eigenvalue weighted by Gasteiger charge is -2.07. The average Bonchev–Trinajstić information content (AvgIpc) is 2.03. The Labute approximate surface area is 73.5 Å². The Morgan fingerprint density at radius 3 is 2.38 bits per heavy atom. The first-order valence-corrected chi connectivity index (χ1v) is 3.45. The number of hydrogen-bond donors (Lipinski definition) is 4. The van der Waals surface area contributed by atoms with Crippen molar-refractivity contribution in [2.75, 3.05) is 0 Å². The number of aliphatic carboxylic acids is 1. The van der Waals surface area contributed by atoms with E-state index < -0.39 is 17.8 Å². The molecule has 5 heteroatoms. The van der Waals surface area contributed by atoms with E-state index in [1.165, 1.54) is 6.07 Å². The number of carboxylic acids is 1. The molecule has 5 nitrogen and oxygen atoms in total. The highest BCUT2D eigenvalue weighted by atomic mass is 16.4. The first kappa shape index (κ1) is 9.34. The molecule has 1 aromatic carbocycles. The minimum Gasteiger partial charge on any atom is -0.508 e. The molecule has 70 valence electrons. The Bertz CT molecular complexity index is 333. The monoisotopic (exact) mass is 184 g/mol. The van der Waals surface area contributed by atoms with Crippen molar-refractivity contribution in [3.8, 4) is 11.5 Å². The number of rotatable bonds is 2. The summed E-state index contributed by atoms with van der Waals surface area (Å²) in [4.78, 5) is 10.3. The summed E-state index contributed by atoms with van der Waals surface area (Å²) in [7, 11) is 0. The van der Waals surface area contributed by atoms with Gasteiger partial charge in [0.05, 0.1) is 0 Å². The van der Waals surface area contributed by atoms with Crippen LogP contribution < -0.4 is 0 Å². The largest absolute Gasteiger partial charge is 0.508 e. The van der Waals surface area contributed by atoms with E-state index in [4.69, 9.17) is 20.4 Å². The van der Waals surface area contributed by atoms with E-state index in [0.717, 1.165) is 12.1 Å². The van der Waals surface area contributed by atoms with Gasteiger partial charge in [-0.3, -0.25) is 0 Å². The molecule has 0 aliphatic heterocycles. The van der Waals surface area contributed by atoms with E-state index in [9.17, 15) is 4.79 Å². The molecule has 1 atom stereocenters. The number of aliphatic hydroxyl groups is 1. The standard InChI is InChI=1S/C8H8O5/c9-4-1-2-5(6(10)3-4)7(11)8(12)13/h1-3,7,9-11H,(H,12,13)/t7-/m1/s1. The van der Waals surface area contributed by atoms with Crippen LogP contribution in [0.2, 0.25) is 0 Å². The van der Waals surface area contributed by atoms with Gasteiger partial charge in [0.15, 0.2) is 6.10 Å². The highest BCUT2D eigenvalue weighted by Gasteiger charge is 2.19. The van der Waals surface area contributed by atoms with Crippen LogP contribution in [0.5, 0.6) is 11.5 Å². The maximum absolute atomic E-state index is 10.3. The molecule has 0 amide bonds. The third kappa shape index (κ3) is 1.88. The molecule has 0 saturated heterocycles. The van der Waals surface area contributed by atoms with Gasteiger partial charge in [0, 0.05) is 11.6 Å². The third-order valence-electron chi connectivity index (χ3n) is 1.54. The summed E-state index contributed by atoms with van der Waals surface area (Å²) in [6.45, 7) is 0. The minimum absolute atomic E-state index is 0.148. The highest BCUT2D eigenvalue weighted by molar-refractivity contribution is 5.75. The third-order valence-corrected chi connectivity index (χ3v) is 1.54. The van der Waals surface area contributed by atoms with Crippen molar-refractivity contribution in [1.82, 2.24) is 0 Å². The van der Waals surface area contributed by atoms with Crippen LogP contribution in [0.4, 0.5) is 0 Å². The molecule has 0 aliphatic carbocycles. The molecule has 0 heterocycles. The number of hydrogen-bond acceptors (Lipinski definition) is 4. The Morgan fingerprint density at radius 1 is 1.31 bits per heavy atom.